The van der Waals surface area contributed by atoms with E-state index in [0.29, 0.717) is 54.5 Å². The van der Waals surface area contributed by atoms with E-state index in [2.05, 4.69) is 42.2 Å². The molecule has 4 aromatic rings. The van der Waals surface area contributed by atoms with E-state index in [0.717, 1.165) is 35.8 Å². The van der Waals surface area contributed by atoms with Crippen LogP contribution in [0.25, 0.3) is 16.8 Å². The molecule has 0 radical (unpaired) electrons. The summed E-state index contributed by atoms with van der Waals surface area (Å²) in [6, 6.07) is 7.12. The third-order valence-corrected chi connectivity index (χ3v) is 6.75. The Labute approximate surface area is 211 Å². The van der Waals surface area contributed by atoms with Crippen molar-refractivity contribution in [1.82, 2.24) is 24.1 Å². The number of ether oxygens (including phenoxy) is 2. The molecule has 2 aliphatic heterocycles. The number of halogens is 1. The fraction of sp³-hybridized carbons (Fsp3) is 0.320. The first kappa shape index (κ1) is 23.1. The summed E-state index contributed by atoms with van der Waals surface area (Å²) in [7, 11) is 1.82. The van der Waals surface area contributed by atoms with Gasteiger partial charge in [0.05, 0.1) is 19.8 Å². The zero-order chi connectivity index (χ0) is 25.4. The molecule has 190 valence electrons. The first-order chi connectivity index (χ1) is 18.2. The van der Waals surface area contributed by atoms with E-state index < -0.39 is 0 Å². The van der Waals surface area contributed by atoms with Gasteiger partial charge in [0, 0.05) is 68.3 Å². The van der Waals surface area contributed by atoms with Crippen LogP contribution in [0.15, 0.2) is 47.0 Å². The number of nitrogens with one attached hydrogen (secondary N) is 1. The van der Waals surface area contributed by atoms with Crippen molar-refractivity contribution in [3.05, 3.63) is 59.2 Å². The molecule has 12 heteroatoms. The maximum absolute atomic E-state index is 14.6. The fourth-order valence-corrected chi connectivity index (χ4v) is 4.90. The molecule has 0 bridgehead atoms. The van der Waals surface area contributed by atoms with Crippen molar-refractivity contribution < 1.29 is 13.9 Å². The quantitative estimate of drug-likeness (QED) is 0.318. The molecule has 1 saturated heterocycles. The van der Waals surface area contributed by atoms with Gasteiger partial charge in [0.25, 0.3) is 0 Å². The number of anilines is 2. The van der Waals surface area contributed by atoms with Gasteiger partial charge in [-0.1, -0.05) is 0 Å². The second-order valence-electron chi connectivity index (χ2n) is 8.77. The minimum atomic E-state index is -0.275. The molecule has 5 heterocycles. The predicted octanol–water partition coefficient (Wildman–Crippen LogP) is 2.17. The van der Waals surface area contributed by atoms with E-state index in [9.17, 15) is 4.39 Å². The van der Waals surface area contributed by atoms with Gasteiger partial charge in [-0.15, -0.1) is 5.10 Å². The standard InChI is InChI=1S/C25H26FN9O2/c1-27-32-24-19(17-3-6-22(34-8-11-36-12-9-34)35-23(17)30-15-31-35)14-29-25(33(24)2)28-13-18-16-7-10-37-21(16)5-4-20(18)26/h3-6,14-15H,1,7-13H2,2H3,(H,28,29)/b32-24-. The molecule has 0 spiro atoms. The normalized spacial score (nSPS) is 15.6. The molecule has 37 heavy (non-hydrogen) atoms. The largest absolute Gasteiger partial charge is 0.493 e. The maximum Gasteiger partial charge on any atom is 0.204 e. The summed E-state index contributed by atoms with van der Waals surface area (Å²) < 4.78 is 29.3. The van der Waals surface area contributed by atoms with Crippen LogP contribution in [-0.2, 0) is 24.8 Å². The first-order valence-electron chi connectivity index (χ1n) is 12.0. The van der Waals surface area contributed by atoms with E-state index in [1.807, 2.05) is 23.7 Å². The average Bonchev–Trinajstić information content (AvgIpc) is 3.60. The second-order valence-corrected chi connectivity index (χ2v) is 8.77. The summed E-state index contributed by atoms with van der Waals surface area (Å²) in [5.41, 5.74) is 4.18. The number of rotatable bonds is 6. The van der Waals surface area contributed by atoms with E-state index in [1.165, 1.54) is 12.4 Å². The van der Waals surface area contributed by atoms with Crippen LogP contribution in [0, 0.1) is 5.82 Å². The smallest absolute Gasteiger partial charge is 0.204 e. The van der Waals surface area contributed by atoms with Crippen molar-refractivity contribution in [3.63, 3.8) is 0 Å². The van der Waals surface area contributed by atoms with Gasteiger partial charge >= 0.3 is 0 Å². The first-order valence-corrected chi connectivity index (χ1v) is 12.0. The molecular weight excluding hydrogens is 477 g/mol. The minimum absolute atomic E-state index is 0.252. The highest BCUT2D eigenvalue weighted by Crippen LogP contribution is 2.31. The Bertz CT molecular complexity index is 1560. The zero-order valence-corrected chi connectivity index (χ0v) is 20.4. The third-order valence-electron chi connectivity index (χ3n) is 6.75. The Morgan fingerprint density at radius 1 is 1.11 bits per heavy atom. The van der Waals surface area contributed by atoms with Crippen molar-refractivity contribution in [1.29, 1.82) is 0 Å². The summed E-state index contributed by atoms with van der Waals surface area (Å²) in [5.74, 6) is 1.90. The Morgan fingerprint density at radius 3 is 2.81 bits per heavy atom. The van der Waals surface area contributed by atoms with Gasteiger partial charge in [0.2, 0.25) is 5.95 Å². The number of nitrogens with zero attached hydrogens (tertiary/aromatic N) is 8. The van der Waals surface area contributed by atoms with Crippen LogP contribution in [0.4, 0.5) is 16.2 Å². The van der Waals surface area contributed by atoms with Crippen LogP contribution in [0.3, 0.4) is 0 Å². The summed E-state index contributed by atoms with van der Waals surface area (Å²) in [6.07, 6.45) is 3.92. The lowest BCUT2D eigenvalue weighted by molar-refractivity contribution is 0.122. The van der Waals surface area contributed by atoms with Gasteiger partial charge in [-0.3, -0.25) is 4.57 Å². The Hall–Kier alpha value is -4.32. The lowest BCUT2D eigenvalue weighted by atomic mass is 10.0. The van der Waals surface area contributed by atoms with Crippen LogP contribution in [0.5, 0.6) is 5.75 Å². The number of fused-ring (bicyclic) bond motifs is 2. The number of aromatic nitrogens is 5. The van der Waals surface area contributed by atoms with Crippen molar-refractivity contribution in [3.8, 4) is 16.9 Å². The summed E-state index contributed by atoms with van der Waals surface area (Å²) in [4.78, 5) is 11.4. The Morgan fingerprint density at radius 2 is 1.97 bits per heavy atom. The minimum Gasteiger partial charge on any atom is -0.493 e. The van der Waals surface area contributed by atoms with Crippen LogP contribution in [-0.4, -0.2) is 63.8 Å². The highest BCUT2D eigenvalue weighted by atomic mass is 19.1. The summed E-state index contributed by atoms with van der Waals surface area (Å²) in [5, 5.41) is 15.8. The zero-order valence-electron chi connectivity index (χ0n) is 20.4. The van der Waals surface area contributed by atoms with Crippen molar-refractivity contribution in [2.24, 2.45) is 17.3 Å². The molecule has 0 unspecified atom stereocenters. The molecule has 2 aliphatic rings. The van der Waals surface area contributed by atoms with Crippen LogP contribution >= 0.6 is 0 Å². The van der Waals surface area contributed by atoms with Crippen LogP contribution < -0.4 is 20.4 Å². The molecule has 1 N–H and O–H groups in total. The van der Waals surface area contributed by atoms with Crippen molar-refractivity contribution >= 4 is 24.1 Å². The SMILES string of the molecule is C=N/N=c1/c(-c2ccc(N3CCOCC3)n3ncnc23)cnc(NCc2c(F)ccc3c2CCO3)n1C. The Kier molecular flexibility index (Phi) is 6.01. The third kappa shape index (κ3) is 4.08. The summed E-state index contributed by atoms with van der Waals surface area (Å²) >= 11 is 0. The molecule has 3 aromatic heterocycles. The molecular formula is C25H26FN9O2. The maximum atomic E-state index is 14.6. The fourth-order valence-electron chi connectivity index (χ4n) is 4.90. The van der Waals surface area contributed by atoms with Gasteiger partial charge in [-0.25, -0.2) is 14.4 Å². The number of hydrogen-bond acceptors (Lipinski definition) is 9. The topological polar surface area (TPSA) is 106 Å². The number of morpholine rings is 1. The number of pyridine rings is 1. The lowest BCUT2D eigenvalue weighted by Crippen LogP contribution is -2.37. The van der Waals surface area contributed by atoms with Crippen molar-refractivity contribution in [2.75, 3.05) is 43.1 Å². The van der Waals surface area contributed by atoms with Crippen LogP contribution in [0.2, 0.25) is 0 Å². The lowest BCUT2D eigenvalue weighted by Gasteiger charge is -2.29. The molecule has 1 aromatic carbocycles. The molecule has 0 atom stereocenters. The van der Waals surface area contributed by atoms with E-state index in [1.54, 1.807) is 16.8 Å². The number of benzene rings is 1. The molecule has 0 aliphatic carbocycles. The monoisotopic (exact) mass is 503 g/mol. The molecule has 0 amide bonds. The number of hydrogen-bond donors (Lipinski definition) is 1. The average molecular weight is 504 g/mol. The highest BCUT2D eigenvalue weighted by Gasteiger charge is 2.21. The Balaban J connectivity index is 1.37. The molecule has 6 rings (SSSR count). The van der Waals surface area contributed by atoms with E-state index in [-0.39, 0.29) is 12.4 Å². The molecule has 0 saturated carbocycles. The molecule has 11 nitrogen and oxygen atoms in total. The van der Waals surface area contributed by atoms with Crippen LogP contribution in [0.1, 0.15) is 11.1 Å². The van der Waals surface area contributed by atoms with Gasteiger partial charge < -0.3 is 19.7 Å². The van der Waals surface area contributed by atoms with Gasteiger partial charge in [-0.2, -0.15) is 14.7 Å². The van der Waals surface area contributed by atoms with E-state index in [4.69, 9.17) is 9.47 Å². The highest BCUT2D eigenvalue weighted by molar-refractivity contribution is 5.78. The van der Waals surface area contributed by atoms with Gasteiger partial charge in [-0.05, 0) is 24.3 Å². The predicted molar refractivity (Wildman–Crippen MR) is 136 cm³/mol. The van der Waals surface area contributed by atoms with Crippen molar-refractivity contribution in [2.45, 2.75) is 13.0 Å². The summed E-state index contributed by atoms with van der Waals surface area (Å²) in [6.45, 7) is 7.26. The van der Waals surface area contributed by atoms with Gasteiger partial charge in [0.15, 0.2) is 11.1 Å². The van der Waals surface area contributed by atoms with Gasteiger partial charge in [0.1, 0.15) is 23.7 Å². The molecule has 1 fully saturated rings. The van der Waals surface area contributed by atoms with E-state index >= 15 is 0 Å². The second kappa shape index (κ2) is 9.62.